The highest BCUT2D eigenvalue weighted by Gasteiger charge is 2.23. The molecule has 1 aliphatic rings. The second-order valence-electron chi connectivity index (χ2n) is 6.74. The largest absolute Gasteiger partial charge is 0.393 e. The van der Waals surface area contributed by atoms with E-state index >= 15 is 0 Å². The summed E-state index contributed by atoms with van der Waals surface area (Å²) < 4.78 is 1.99. The van der Waals surface area contributed by atoms with Crippen molar-refractivity contribution >= 4 is 17.7 Å². The van der Waals surface area contributed by atoms with E-state index in [2.05, 4.69) is 10.2 Å². The normalized spacial score (nSPS) is 15.0. The number of carbonyl (C=O) groups excluding carboxylic acids is 1. The molecule has 4 rings (SSSR count). The predicted molar refractivity (Wildman–Crippen MR) is 109 cm³/mol. The third-order valence-corrected chi connectivity index (χ3v) is 5.74. The van der Waals surface area contributed by atoms with Gasteiger partial charge in [0.2, 0.25) is 5.91 Å². The quantitative estimate of drug-likeness (QED) is 0.674. The number of thioether (sulfide) groups is 1. The van der Waals surface area contributed by atoms with Crippen LogP contribution >= 0.6 is 11.8 Å². The van der Waals surface area contributed by atoms with E-state index in [-0.39, 0.29) is 12.0 Å². The van der Waals surface area contributed by atoms with E-state index in [0.717, 1.165) is 17.1 Å². The molecule has 1 saturated heterocycles. The molecule has 2 heterocycles. The van der Waals surface area contributed by atoms with Crippen molar-refractivity contribution in [3.8, 4) is 17.1 Å². The van der Waals surface area contributed by atoms with Crippen LogP contribution in [0.1, 0.15) is 12.8 Å². The number of aliphatic hydroxyl groups excluding tert-OH is 1. The maximum absolute atomic E-state index is 12.6. The Balaban J connectivity index is 1.57. The van der Waals surface area contributed by atoms with Crippen LogP contribution in [0.25, 0.3) is 17.1 Å². The molecule has 1 amide bonds. The van der Waals surface area contributed by atoms with Gasteiger partial charge in [-0.3, -0.25) is 9.36 Å². The summed E-state index contributed by atoms with van der Waals surface area (Å²) in [6.07, 6.45) is 1.01. The second-order valence-corrected chi connectivity index (χ2v) is 7.69. The Bertz CT molecular complexity index is 922. The predicted octanol–water partition coefficient (Wildman–Crippen LogP) is 3.01. The Morgan fingerprint density at radius 3 is 2.32 bits per heavy atom. The lowest BCUT2D eigenvalue weighted by Gasteiger charge is -2.29. The van der Waals surface area contributed by atoms with E-state index in [0.29, 0.717) is 36.8 Å². The number of carbonyl (C=O) groups is 1. The summed E-state index contributed by atoms with van der Waals surface area (Å²) >= 11 is 1.40. The van der Waals surface area contributed by atoms with Crippen molar-refractivity contribution in [3.05, 3.63) is 60.7 Å². The molecule has 2 aromatic carbocycles. The standard InChI is InChI=1S/C21H22N4O2S/c26-18-11-13-24(14-12-18)19(27)15-28-21-23-22-20(16-7-3-1-4-8-16)25(21)17-9-5-2-6-10-17/h1-10,18,26H,11-15H2. The minimum absolute atomic E-state index is 0.0702. The van der Waals surface area contributed by atoms with Gasteiger partial charge in [0.05, 0.1) is 11.9 Å². The SMILES string of the molecule is O=C(CSc1nnc(-c2ccccc2)n1-c1ccccc1)N1CCC(O)CC1. The number of benzene rings is 2. The highest BCUT2D eigenvalue weighted by Crippen LogP contribution is 2.28. The fraction of sp³-hybridized carbons (Fsp3) is 0.286. The van der Waals surface area contributed by atoms with Gasteiger partial charge in [-0.1, -0.05) is 60.3 Å². The van der Waals surface area contributed by atoms with E-state index < -0.39 is 0 Å². The number of para-hydroxylation sites is 1. The van der Waals surface area contributed by atoms with Crippen LogP contribution in [-0.2, 0) is 4.79 Å². The lowest BCUT2D eigenvalue weighted by Crippen LogP contribution is -2.40. The second kappa shape index (κ2) is 8.58. The van der Waals surface area contributed by atoms with Crippen molar-refractivity contribution in [1.82, 2.24) is 19.7 Å². The maximum atomic E-state index is 12.6. The van der Waals surface area contributed by atoms with Crippen LogP contribution < -0.4 is 0 Å². The lowest BCUT2D eigenvalue weighted by atomic mass is 10.1. The van der Waals surface area contributed by atoms with E-state index in [1.807, 2.05) is 70.1 Å². The van der Waals surface area contributed by atoms with E-state index in [1.54, 1.807) is 0 Å². The van der Waals surface area contributed by atoms with Crippen LogP contribution in [0.5, 0.6) is 0 Å². The Kier molecular flexibility index (Phi) is 5.73. The molecule has 0 bridgehead atoms. The summed E-state index contributed by atoms with van der Waals surface area (Å²) in [5.41, 5.74) is 1.93. The number of amides is 1. The first-order chi connectivity index (χ1) is 13.7. The van der Waals surface area contributed by atoms with Gasteiger partial charge in [-0.15, -0.1) is 10.2 Å². The van der Waals surface area contributed by atoms with Crippen molar-refractivity contribution in [2.45, 2.75) is 24.1 Å². The minimum Gasteiger partial charge on any atom is -0.393 e. The van der Waals surface area contributed by atoms with E-state index in [1.165, 1.54) is 11.8 Å². The Morgan fingerprint density at radius 2 is 1.64 bits per heavy atom. The third kappa shape index (κ3) is 4.10. The van der Waals surface area contributed by atoms with Gasteiger partial charge in [0.25, 0.3) is 0 Å². The Labute approximate surface area is 168 Å². The molecule has 1 N–H and O–H groups in total. The van der Waals surface area contributed by atoms with Gasteiger partial charge in [0.15, 0.2) is 11.0 Å². The maximum Gasteiger partial charge on any atom is 0.233 e. The fourth-order valence-corrected chi connectivity index (χ4v) is 4.13. The average Bonchev–Trinajstić information content (AvgIpc) is 3.18. The summed E-state index contributed by atoms with van der Waals surface area (Å²) in [6, 6.07) is 19.9. The van der Waals surface area contributed by atoms with Crippen LogP contribution in [0.3, 0.4) is 0 Å². The summed E-state index contributed by atoms with van der Waals surface area (Å²) in [4.78, 5) is 14.4. The number of aromatic nitrogens is 3. The van der Waals surface area contributed by atoms with Crippen molar-refractivity contribution in [2.75, 3.05) is 18.8 Å². The van der Waals surface area contributed by atoms with Gasteiger partial charge < -0.3 is 10.0 Å². The molecule has 1 fully saturated rings. The van der Waals surface area contributed by atoms with Crippen LogP contribution in [0.2, 0.25) is 0 Å². The molecule has 144 valence electrons. The Morgan fingerprint density at radius 1 is 1.00 bits per heavy atom. The summed E-state index contributed by atoms with van der Waals surface area (Å²) in [5.74, 6) is 1.12. The van der Waals surface area contributed by atoms with E-state index in [9.17, 15) is 9.90 Å². The van der Waals surface area contributed by atoms with Crippen LogP contribution in [0.15, 0.2) is 65.8 Å². The van der Waals surface area contributed by atoms with E-state index in [4.69, 9.17) is 0 Å². The highest BCUT2D eigenvalue weighted by atomic mass is 32.2. The zero-order valence-electron chi connectivity index (χ0n) is 15.4. The molecule has 3 aromatic rings. The number of piperidine rings is 1. The zero-order chi connectivity index (χ0) is 19.3. The number of nitrogens with zero attached hydrogens (tertiary/aromatic N) is 4. The summed E-state index contributed by atoms with van der Waals surface area (Å²) in [7, 11) is 0. The van der Waals surface area contributed by atoms with Gasteiger partial charge in [-0.05, 0) is 25.0 Å². The van der Waals surface area contributed by atoms with Crippen LogP contribution in [0.4, 0.5) is 0 Å². The molecule has 1 aromatic heterocycles. The molecule has 28 heavy (non-hydrogen) atoms. The number of aliphatic hydroxyl groups is 1. The first-order valence-corrected chi connectivity index (χ1v) is 10.4. The van der Waals surface area contributed by atoms with Gasteiger partial charge in [-0.25, -0.2) is 0 Å². The molecule has 6 nitrogen and oxygen atoms in total. The number of hydrogen-bond donors (Lipinski definition) is 1. The topological polar surface area (TPSA) is 71.2 Å². The van der Waals surface area contributed by atoms with Crippen molar-refractivity contribution in [1.29, 1.82) is 0 Å². The molecular formula is C21H22N4O2S. The summed E-state index contributed by atoms with van der Waals surface area (Å²) in [6.45, 7) is 1.22. The first kappa shape index (κ1) is 18.7. The summed E-state index contributed by atoms with van der Waals surface area (Å²) in [5, 5.41) is 19.1. The monoisotopic (exact) mass is 394 g/mol. The third-order valence-electron chi connectivity index (χ3n) is 4.82. The minimum atomic E-state index is -0.286. The first-order valence-electron chi connectivity index (χ1n) is 9.37. The molecule has 7 heteroatoms. The van der Waals surface area contributed by atoms with Crippen molar-refractivity contribution in [3.63, 3.8) is 0 Å². The van der Waals surface area contributed by atoms with Crippen LogP contribution in [0, 0.1) is 0 Å². The van der Waals surface area contributed by atoms with Gasteiger partial charge in [0.1, 0.15) is 0 Å². The number of rotatable bonds is 5. The molecule has 0 saturated carbocycles. The fourth-order valence-electron chi connectivity index (χ4n) is 3.28. The van der Waals surface area contributed by atoms with Gasteiger partial charge >= 0.3 is 0 Å². The highest BCUT2D eigenvalue weighted by molar-refractivity contribution is 7.99. The molecule has 0 atom stereocenters. The van der Waals surface area contributed by atoms with Crippen LogP contribution in [-0.4, -0.2) is 55.6 Å². The molecule has 0 unspecified atom stereocenters. The number of hydrogen-bond acceptors (Lipinski definition) is 5. The molecular weight excluding hydrogens is 372 g/mol. The smallest absolute Gasteiger partial charge is 0.233 e. The zero-order valence-corrected chi connectivity index (χ0v) is 16.3. The average molecular weight is 395 g/mol. The van der Waals surface area contributed by atoms with Crippen molar-refractivity contribution < 1.29 is 9.90 Å². The number of likely N-dealkylation sites (tertiary alicyclic amines) is 1. The van der Waals surface area contributed by atoms with Crippen molar-refractivity contribution in [2.24, 2.45) is 0 Å². The Hall–Kier alpha value is -2.64. The molecule has 0 radical (unpaired) electrons. The lowest BCUT2D eigenvalue weighted by molar-refractivity contribution is -0.130. The molecule has 1 aliphatic heterocycles. The molecule has 0 spiro atoms. The van der Waals surface area contributed by atoms with Gasteiger partial charge in [-0.2, -0.15) is 0 Å². The molecule has 0 aliphatic carbocycles. The van der Waals surface area contributed by atoms with Gasteiger partial charge in [0, 0.05) is 24.3 Å².